The highest BCUT2D eigenvalue weighted by atomic mass is 32.1. The van der Waals surface area contributed by atoms with Gasteiger partial charge in [0.25, 0.3) is 5.91 Å². The number of nitrogens with two attached hydrogens (primary N) is 1. The Balaban J connectivity index is 1.73. The molecule has 0 aromatic carbocycles. The smallest absolute Gasteiger partial charge is 0.263 e. The van der Waals surface area contributed by atoms with E-state index in [2.05, 4.69) is 18.4 Å². The van der Waals surface area contributed by atoms with Gasteiger partial charge in [0.15, 0.2) is 0 Å². The maximum Gasteiger partial charge on any atom is 0.263 e. The molecule has 2 aromatic rings. The zero-order valence-corrected chi connectivity index (χ0v) is 13.7. The van der Waals surface area contributed by atoms with Gasteiger partial charge in [-0.3, -0.25) is 4.79 Å². The molecule has 20 heavy (non-hydrogen) atoms. The Morgan fingerprint density at radius 3 is 2.70 bits per heavy atom. The lowest BCUT2D eigenvalue weighted by Gasteiger charge is -2.38. The van der Waals surface area contributed by atoms with Crippen LogP contribution in [0.5, 0.6) is 0 Å². The van der Waals surface area contributed by atoms with E-state index >= 15 is 0 Å². The molecule has 0 spiro atoms. The highest BCUT2D eigenvalue weighted by molar-refractivity contribution is 7.80. The molecule has 1 saturated heterocycles. The van der Waals surface area contributed by atoms with Crippen LogP contribution in [0, 0.1) is 5.41 Å². The van der Waals surface area contributed by atoms with Gasteiger partial charge < -0.3 is 10.6 Å². The molecule has 106 valence electrons. The highest BCUT2D eigenvalue weighted by Gasteiger charge is 2.34. The first-order valence-electron chi connectivity index (χ1n) is 6.56. The summed E-state index contributed by atoms with van der Waals surface area (Å²) in [6.45, 7) is 3.56. The molecule has 0 bridgehead atoms. The molecule has 1 fully saturated rings. The van der Waals surface area contributed by atoms with Crippen molar-refractivity contribution in [1.29, 1.82) is 0 Å². The largest absolute Gasteiger partial charge is 0.393 e. The monoisotopic (exact) mass is 324 g/mol. The Morgan fingerprint density at radius 2 is 2.10 bits per heavy atom. The quantitative estimate of drug-likeness (QED) is 0.860. The summed E-state index contributed by atoms with van der Waals surface area (Å²) in [6, 6.07) is 4.08. The maximum atomic E-state index is 12.5. The summed E-state index contributed by atoms with van der Waals surface area (Å²) in [4.78, 5) is 15.9. The maximum absolute atomic E-state index is 12.5. The number of nitrogens with zero attached hydrogens (tertiary/aromatic N) is 1. The third-order valence-electron chi connectivity index (χ3n) is 4.10. The molecule has 0 radical (unpaired) electrons. The summed E-state index contributed by atoms with van der Waals surface area (Å²) >= 11 is 8.40. The Bertz CT molecular complexity index is 636. The molecular weight excluding hydrogens is 308 g/mol. The minimum Gasteiger partial charge on any atom is -0.393 e. The van der Waals surface area contributed by atoms with E-state index in [4.69, 9.17) is 18.0 Å². The van der Waals surface area contributed by atoms with Crippen molar-refractivity contribution in [2.24, 2.45) is 11.1 Å². The number of carbonyl (C=O) groups is 1. The fourth-order valence-electron chi connectivity index (χ4n) is 2.48. The van der Waals surface area contributed by atoms with Crippen molar-refractivity contribution in [3.63, 3.8) is 0 Å². The number of fused-ring (bicyclic) bond motifs is 1. The number of hydrogen-bond acceptors (Lipinski definition) is 4. The third-order valence-corrected chi connectivity index (χ3v) is 6.67. The van der Waals surface area contributed by atoms with Crippen LogP contribution in [0.3, 0.4) is 0 Å². The Morgan fingerprint density at radius 1 is 1.40 bits per heavy atom. The molecule has 0 unspecified atom stereocenters. The van der Waals surface area contributed by atoms with Gasteiger partial charge in [0.1, 0.15) is 0 Å². The summed E-state index contributed by atoms with van der Waals surface area (Å²) in [7, 11) is 0. The number of amides is 1. The second-order valence-corrected chi connectivity index (χ2v) is 7.95. The molecule has 1 aliphatic heterocycles. The first-order valence-corrected chi connectivity index (χ1v) is 8.66. The normalized spacial score (nSPS) is 18.4. The molecule has 1 aliphatic rings. The number of thiocarbonyl (C=S) groups is 1. The van der Waals surface area contributed by atoms with Gasteiger partial charge in [0.05, 0.1) is 9.87 Å². The molecule has 6 heteroatoms. The lowest BCUT2D eigenvalue weighted by molar-refractivity contribution is 0.0675. The van der Waals surface area contributed by atoms with Crippen LogP contribution < -0.4 is 5.73 Å². The van der Waals surface area contributed by atoms with Crippen molar-refractivity contribution < 1.29 is 4.79 Å². The SMILES string of the molecule is CC1(C(N)=S)CCN(C(=O)c2cc3sccc3s2)CC1. The summed E-state index contributed by atoms with van der Waals surface area (Å²) in [5.41, 5.74) is 5.71. The van der Waals surface area contributed by atoms with Gasteiger partial charge >= 0.3 is 0 Å². The van der Waals surface area contributed by atoms with Crippen molar-refractivity contribution in [3.8, 4) is 0 Å². The van der Waals surface area contributed by atoms with E-state index in [0.717, 1.165) is 30.8 Å². The van der Waals surface area contributed by atoms with E-state index in [1.807, 2.05) is 11.0 Å². The summed E-state index contributed by atoms with van der Waals surface area (Å²) in [5, 5.41) is 2.06. The van der Waals surface area contributed by atoms with E-state index in [-0.39, 0.29) is 11.3 Å². The van der Waals surface area contributed by atoms with Gasteiger partial charge in [0.2, 0.25) is 0 Å². The van der Waals surface area contributed by atoms with Gasteiger partial charge in [-0.05, 0) is 30.4 Å². The lowest BCUT2D eigenvalue weighted by atomic mass is 9.80. The van der Waals surface area contributed by atoms with Crippen molar-refractivity contribution in [3.05, 3.63) is 22.4 Å². The number of hydrogen-bond donors (Lipinski definition) is 1. The zero-order valence-electron chi connectivity index (χ0n) is 11.2. The second kappa shape index (κ2) is 5.09. The minimum absolute atomic E-state index is 0.0953. The van der Waals surface area contributed by atoms with Crippen LogP contribution in [-0.4, -0.2) is 28.9 Å². The topological polar surface area (TPSA) is 46.3 Å². The molecule has 0 atom stereocenters. The average Bonchev–Trinajstić information content (AvgIpc) is 2.99. The third kappa shape index (κ3) is 2.36. The number of carbonyl (C=O) groups excluding carboxylic acids is 1. The first kappa shape index (κ1) is 14.0. The van der Waals surface area contributed by atoms with Crippen LogP contribution >= 0.6 is 34.9 Å². The van der Waals surface area contributed by atoms with E-state index in [0.29, 0.717) is 4.99 Å². The molecular formula is C14H16N2OS3. The summed E-state index contributed by atoms with van der Waals surface area (Å²) < 4.78 is 2.40. The average molecular weight is 324 g/mol. The summed E-state index contributed by atoms with van der Waals surface area (Å²) in [6.07, 6.45) is 1.71. The highest BCUT2D eigenvalue weighted by Crippen LogP contribution is 2.34. The minimum atomic E-state index is -0.0953. The predicted octanol–water partition coefficient (Wildman–Crippen LogP) is 3.49. The van der Waals surface area contributed by atoms with E-state index in [1.54, 1.807) is 22.7 Å². The van der Waals surface area contributed by atoms with Gasteiger partial charge in [-0.1, -0.05) is 19.1 Å². The molecule has 3 nitrogen and oxygen atoms in total. The number of piperidine rings is 1. The summed E-state index contributed by atoms with van der Waals surface area (Å²) in [5.74, 6) is 0.142. The van der Waals surface area contributed by atoms with Crippen LogP contribution in [0.2, 0.25) is 0 Å². The van der Waals surface area contributed by atoms with Crippen LogP contribution in [0.1, 0.15) is 29.4 Å². The van der Waals surface area contributed by atoms with Gasteiger partial charge in [-0.15, -0.1) is 22.7 Å². The number of rotatable bonds is 2. The fraction of sp³-hybridized carbons (Fsp3) is 0.429. The van der Waals surface area contributed by atoms with E-state index in [1.165, 1.54) is 9.40 Å². The zero-order chi connectivity index (χ0) is 14.3. The van der Waals surface area contributed by atoms with Crippen molar-refractivity contribution >= 4 is 55.2 Å². The van der Waals surface area contributed by atoms with Gasteiger partial charge in [-0.25, -0.2) is 0 Å². The van der Waals surface area contributed by atoms with Crippen LogP contribution in [-0.2, 0) is 0 Å². The fourth-order valence-corrected chi connectivity index (χ4v) is 4.76. The van der Waals surface area contributed by atoms with Crippen LogP contribution in [0.15, 0.2) is 17.5 Å². The molecule has 2 aromatic heterocycles. The van der Waals surface area contributed by atoms with Gasteiger partial charge in [-0.2, -0.15) is 0 Å². The van der Waals surface area contributed by atoms with Crippen molar-refractivity contribution in [2.75, 3.05) is 13.1 Å². The molecule has 0 saturated carbocycles. The van der Waals surface area contributed by atoms with Crippen LogP contribution in [0.4, 0.5) is 0 Å². The Labute approximate surface area is 131 Å². The van der Waals surface area contributed by atoms with E-state index in [9.17, 15) is 4.79 Å². The number of thiophene rings is 2. The van der Waals surface area contributed by atoms with Gasteiger partial charge in [0, 0.05) is 27.9 Å². The molecule has 2 N–H and O–H groups in total. The standard InChI is InChI=1S/C14H16N2OS3/c1-14(13(15)18)3-5-16(6-4-14)12(17)11-8-10-9(20-11)2-7-19-10/h2,7-8H,3-6H2,1H3,(H2,15,18). The molecule has 3 rings (SSSR count). The van der Waals surface area contributed by atoms with Crippen molar-refractivity contribution in [2.45, 2.75) is 19.8 Å². The molecule has 3 heterocycles. The first-order chi connectivity index (χ1) is 9.49. The van der Waals surface area contributed by atoms with Crippen molar-refractivity contribution in [1.82, 2.24) is 4.90 Å². The van der Waals surface area contributed by atoms with E-state index < -0.39 is 0 Å². The second-order valence-electron chi connectivity index (χ2n) is 5.48. The predicted molar refractivity (Wildman–Crippen MR) is 89.7 cm³/mol. The molecule has 1 amide bonds. The Kier molecular flexibility index (Phi) is 3.56. The lowest BCUT2D eigenvalue weighted by Crippen LogP contribution is -2.46. The Hall–Kier alpha value is -0.980. The molecule has 0 aliphatic carbocycles. The van der Waals surface area contributed by atoms with Crippen LogP contribution in [0.25, 0.3) is 9.40 Å². The number of likely N-dealkylation sites (tertiary alicyclic amines) is 1.